The maximum Gasteiger partial charge on any atom is 0.253 e. The average Bonchev–Trinajstić information content (AvgIpc) is 2.80. The number of likely N-dealkylation sites (tertiary alicyclic amines) is 1. The molecule has 0 aliphatic carbocycles. The monoisotopic (exact) mass is 415 g/mol. The molecule has 1 aliphatic rings. The van der Waals surface area contributed by atoms with E-state index in [4.69, 9.17) is 0 Å². The first-order valence-corrected chi connectivity index (χ1v) is 11.5. The van der Waals surface area contributed by atoms with Gasteiger partial charge in [0.2, 0.25) is 0 Å². The predicted molar refractivity (Wildman–Crippen MR) is 129 cm³/mol. The molecule has 4 nitrogen and oxygen atoms in total. The third-order valence-electron chi connectivity index (χ3n) is 6.68. The van der Waals surface area contributed by atoms with Gasteiger partial charge in [0.25, 0.3) is 5.91 Å². The van der Waals surface area contributed by atoms with Crippen LogP contribution in [0.25, 0.3) is 10.9 Å². The standard InChI is InChI=1S/C27H33N3O/c1-3-14-27(2)15-19-30(20-16-27)26(31)23-9-11-24(12-10-23)28-18-13-22-7-4-6-21-8-5-17-29-25(21)22/h4-12,17,28H,3,13-16,18-20H2,1-2H3. The van der Waals surface area contributed by atoms with Crippen LogP contribution in [0.1, 0.15) is 55.5 Å². The zero-order chi connectivity index (χ0) is 21.7. The molecule has 0 bridgehead atoms. The second-order valence-electron chi connectivity index (χ2n) is 9.10. The molecule has 2 aromatic carbocycles. The number of hydrogen-bond acceptors (Lipinski definition) is 3. The third kappa shape index (κ3) is 5.07. The molecule has 0 spiro atoms. The first-order valence-electron chi connectivity index (χ1n) is 11.5. The van der Waals surface area contributed by atoms with Gasteiger partial charge in [-0.05, 0) is 67.0 Å². The van der Waals surface area contributed by atoms with Crippen molar-refractivity contribution in [3.05, 3.63) is 71.9 Å². The molecule has 4 heteroatoms. The number of nitrogens with one attached hydrogen (secondary N) is 1. The third-order valence-corrected chi connectivity index (χ3v) is 6.68. The highest BCUT2D eigenvalue weighted by Gasteiger charge is 2.31. The molecule has 1 fully saturated rings. The second kappa shape index (κ2) is 9.51. The molecule has 4 rings (SSSR count). The highest BCUT2D eigenvalue weighted by Crippen LogP contribution is 2.35. The first-order chi connectivity index (χ1) is 15.1. The van der Waals surface area contributed by atoms with E-state index in [0.29, 0.717) is 5.41 Å². The number of rotatable bonds is 7. The topological polar surface area (TPSA) is 45.2 Å². The molecule has 0 radical (unpaired) electrons. The van der Waals surface area contributed by atoms with E-state index < -0.39 is 0 Å². The Bertz CT molecular complexity index is 1010. The highest BCUT2D eigenvalue weighted by atomic mass is 16.2. The highest BCUT2D eigenvalue weighted by molar-refractivity contribution is 5.94. The molecule has 3 aromatic rings. The Morgan fingerprint density at radius 2 is 1.81 bits per heavy atom. The lowest BCUT2D eigenvalue weighted by atomic mass is 9.77. The fraction of sp³-hybridized carbons (Fsp3) is 0.407. The summed E-state index contributed by atoms with van der Waals surface area (Å²) >= 11 is 0. The van der Waals surface area contributed by atoms with Crippen LogP contribution in [0.3, 0.4) is 0 Å². The van der Waals surface area contributed by atoms with Crippen LogP contribution in [0.2, 0.25) is 0 Å². The first kappa shape index (κ1) is 21.4. The number of benzene rings is 2. The minimum atomic E-state index is 0.159. The van der Waals surface area contributed by atoms with Gasteiger partial charge in [0, 0.05) is 42.5 Å². The van der Waals surface area contributed by atoms with Crippen molar-refractivity contribution in [3.63, 3.8) is 0 Å². The normalized spacial score (nSPS) is 15.7. The van der Waals surface area contributed by atoms with E-state index in [1.807, 2.05) is 41.4 Å². The van der Waals surface area contributed by atoms with Crippen molar-refractivity contribution in [3.8, 4) is 0 Å². The van der Waals surface area contributed by atoms with Crippen molar-refractivity contribution in [2.45, 2.75) is 46.0 Å². The number of carbonyl (C=O) groups is 1. The molecule has 2 heterocycles. The second-order valence-corrected chi connectivity index (χ2v) is 9.10. The summed E-state index contributed by atoms with van der Waals surface area (Å²) < 4.78 is 0. The SMILES string of the molecule is CCCC1(C)CCN(C(=O)c2ccc(NCCc3cccc4cccnc34)cc2)CC1. The summed E-state index contributed by atoms with van der Waals surface area (Å²) in [7, 11) is 0. The Morgan fingerprint density at radius 1 is 1.06 bits per heavy atom. The fourth-order valence-electron chi connectivity index (χ4n) is 4.73. The average molecular weight is 416 g/mol. The molecule has 1 aliphatic heterocycles. The number of aromatic nitrogens is 1. The summed E-state index contributed by atoms with van der Waals surface area (Å²) in [6, 6.07) is 18.3. The van der Waals surface area contributed by atoms with Crippen LogP contribution >= 0.6 is 0 Å². The summed E-state index contributed by atoms with van der Waals surface area (Å²) in [5, 5.41) is 4.65. The number of carbonyl (C=O) groups excluding carboxylic acids is 1. The lowest BCUT2D eigenvalue weighted by Gasteiger charge is -2.39. The summed E-state index contributed by atoms with van der Waals surface area (Å²) in [5.41, 5.74) is 4.54. The molecular formula is C27H33N3O. The van der Waals surface area contributed by atoms with Gasteiger partial charge in [-0.25, -0.2) is 0 Å². The van der Waals surface area contributed by atoms with Gasteiger partial charge in [-0.2, -0.15) is 0 Å². The van der Waals surface area contributed by atoms with Crippen LogP contribution in [0.5, 0.6) is 0 Å². The zero-order valence-corrected chi connectivity index (χ0v) is 18.7. The minimum absolute atomic E-state index is 0.159. The van der Waals surface area contributed by atoms with Gasteiger partial charge in [0.05, 0.1) is 5.52 Å². The largest absolute Gasteiger partial charge is 0.385 e. The van der Waals surface area contributed by atoms with Crippen molar-refractivity contribution in [2.24, 2.45) is 5.41 Å². The van der Waals surface area contributed by atoms with Crippen molar-refractivity contribution in [1.29, 1.82) is 0 Å². The quantitative estimate of drug-likeness (QED) is 0.520. The van der Waals surface area contributed by atoms with Crippen LogP contribution in [-0.2, 0) is 6.42 Å². The number of fused-ring (bicyclic) bond motifs is 1. The number of nitrogens with zero attached hydrogens (tertiary/aromatic N) is 2. The summed E-state index contributed by atoms with van der Waals surface area (Å²) in [5.74, 6) is 0.159. The van der Waals surface area contributed by atoms with Gasteiger partial charge in [-0.15, -0.1) is 0 Å². The Labute approximate surface area is 185 Å². The zero-order valence-electron chi connectivity index (χ0n) is 18.7. The van der Waals surface area contributed by atoms with E-state index in [2.05, 4.69) is 48.4 Å². The molecule has 1 amide bonds. The summed E-state index contributed by atoms with van der Waals surface area (Å²) in [6.45, 7) is 7.18. The van der Waals surface area contributed by atoms with Crippen molar-refractivity contribution in [1.82, 2.24) is 9.88 Å². The number of piperidine rings is 1. The Kier molecular flexibility index (Phi) is 6.55. The predicted octanol–water partition coefficient (Wildman–Crippen LogP) is 5.93. The molecule has 0 saturated carbocycles. The number of amides is 1. The number of anilines is 1. The van der Waals surface area contributed by atoms with Crippen LogP contribution in [0, 0.1) is 5.41 Å². The Hall–Kier alpha value is -2.88. The Morgan fingerprint density at radius 3 is 2.55 bits per heavy atom. The van der Waals surface area contributed by atoms with E-state index in [-0.39, 0.29) is 5.91 Å². The van der Waals surface area contributed by atoms with Gasteiger partial charge in [-0.1, -0.05) is 44.5 Å². The smallest absolute Gasteiger partial charge is 0.253 e. The summed E-state index contributed by atoms with van der Waals surface area (Å²) in [6.07, 6.45) is 7.44. The van der Waals surface area contributed by atoms with E-state index in [0.717, 1.165) is 55.7 Å². The van der Waals surface area contributed by atoms with Gasteiger partial charge < -0.3 is 10.2 Å². The lowest BCUT2D eigenvalue weighted by molar-refractivity contribution is 0.0591. The molecule has 0 atom stereocenters. The lowest BCUT2D eigenvalue weighted by Crippen LogP contribution is -2.42. The van der Waals surface area contributed by atoms with E-state index in [9.17, 15) is 4.79 Å². The Balaban J connectivity index is 1.31. The van der Waals surface area contributed by atoms with Crippen LogP contribution in [0.4, 0.5) is 5.69 Å². The molecule has 31 heavy (non-hydrogen) atoms. The molecule has 1 saturated heterocycles. The maximum absolute atomic E-state index is 12.9. The molecule has 1 N–H and O–H groups in total. The van der Waals surface area contributed by atoms with Crippen molar-refractivity contribution < 1.29 is 4.79 Å². The molecular weight excluding hydrogens is 382 g/mol. The molecule has 0 unspecified atom stereocenters. The molecule has 1 aromatic heterocycles. The van der Waals surface area contributed by atoms with Crippen LogP contribution in [-0.4, -0.2) is 35.4 Å². The van der Waals surface area contributed by atoms with Gasteiger partial charge in [0.1, 0.15) is 0 Å². The van der Waals surface area contributed by atoms with Crippen molar-refractivity contribution in [2.75, 3.05) is 25.0 Å². The van der Waals surface area contributed by atoms with E-state index in [1.165, 1.54) is 23.8 Å². The minimum Gasteiger partial charge on any atom is -0.385 e. The number of hydrogen-bond donors (Lipinski definition) is 1. The van der Waals surface area contributed by atoms with Crippen LogP contribution in [0.15, 0.2) is 60.8 Å². The van der Waals surface area contributed by atoms with Crippen LogP contribution < -0.4 is 5.32 Å². The van der Waals surface area contributed by atoms with E-state index in [1.54, 1.807) is 0 Å². The number of para-hydroxylation sites is 1. The fourth-order valence-corrected chi connectivity index (χ4v) is 4.73. The summed E-state index contributed by atoms with van der Waals surface area (Å²) in [4.78, 5) is 19.5. The molecule has 162 valence electrons. The van der Waals surface area contributed by atoms with Gasteiger partial charge in [-0.3, -0.25) is 9.78 Å². The maximum atomic E-state index is 12.9. The van der Waals surface area contributed by atoms with Gasteiger partial charge >= 0.3 is 0 Å². The van der Waals surface area contributed by atoms with E-state index >= 15 is 0 Å². The number of pyridine rings is 1. The van der Waals surface area contributed by atoms with Gasteiger partial charge in [0.15, 0.2) is 0 Å². The van der Waals surface area contributed by atoms with Crippen molar-refractivity contribution >= 4 is 22.5 Å².